The van der Waals surface area contributed by atoms with Gasteiger partial charge in [-0.1, -0.05) is 17.8 Å². The van der Waals surface area contributed by atoms with E-state index in [2.05, 4.69) is 42.9 Å². The van der Waals surface area contributed by atoms with Crippen molar-refractivity contribution in [3.05, 3.63) is 66.4 Å². The molecule has 1 saturated carbocycles. The second-order valence-electron chi connectivity index (χ2n) is 6.43. The van der Waals surface area contributed by atoms with Gasteiger partial charge in [-0.15, -0.1) is 12.1 Å². The maximum absolute atomic E-state index is 4.66. The molecule has 4 aromatic rings. The number of aromatic amines is 1. The summed E-state index contributed by atoms with van der Waals surface area (Å²) >= 11 is 0. The van der Waals surface area contributed by atoms with Crippen LogP contribution in [-0.2, 0) is 0 Å². The third kappa shape index (κ3) is 4.12. The van der Waals surface area contributed by atoms with E-state index < -0.39 is 0 Å². The van der Waals surface area contributed by atoms with Crippen molar-refractivity contribution in [2.24, 2.45) is 0 Å². The molecule has 6 nitrogen and oxygen atoms in total. The second-order valence-corrected chi connectivity index (χ2v) is 6.43. The number of H-pyrrole nitrogens is 1. The van der Waals surface area contributed by atoms with Gasteiger partial charge in [0.2, 0.25) is 5.95 Å². The molecule has 1 aliphatic rings. The fraction of sp³-hybridized carbons (Fsp3) is 0.150. The Labute approximate surface area is 190 Å². The predicted molar refractivity (Wildman–Crippen MR) is 102 cm³/mol. The van der Waals surface area contributed by atoms with E-state index in [9.17, 15) is 0 Å². The molecule has 7 heteroatoms. The smallest absolute Gasteiger partial charge is 0.347 e. The summed E-state index contributed by atoms with van der Waals surface area (Å²) in [6.45, 7) is 0. The van der Waals surface area contributed by atoms with Gasteiger partial charge in [0, 0.05) is 23.1 Å². The van der Waals surface area contributed by atoms with Crippen LogP contribution in [0.15, 0.2) is 54.6 Å². The van der Waals surface area contributed by atoms with E-state index in [-0.39, 0.29) is 41.3 Å². The number of aromatic nitrogens is 4. The van der Waals surface area contributed by atoms with Crippen LogP contribution in [0.2, 0.25) is 0 Å². The molecule has 128 valence electrons. The van der Waals surface area contributed by atoms with Crippen LogP contribution < -0.4 is 10.6 Å². The van der Waals surface area contributed by atoms with Crippen LogP contribution in [0.25, 0.3) is 10.9 Å². The van der Waals surface area contributed by atoms with Gasteiger partial charge in [0.15, 0.2) is 5.82 Å². The molecule has 1 aliphatic carbocycles. The van der Waals surface area contributed by atoms with Gasteiger partial charge >= 0.3 is 41.3 Å². The predicted octanol–water partition coefficient (Wildman–Crippen LogP) is 4.52. The maximum atomic E-state index is 4.66. The molecule has 0 unspecified atom stereocenters. The molecule has 2 aromatic heterocycles. The molecular weight excluding hydrogens is 465 g/mol. The average Bonchev–Trinajstić information content (AvgIpc) is 3.42. The monoisotopic (exact) mass is 482 g/mol. The normalized spacial score (nSPS) is 13.2. The molecule has 0 amide bonds. The molecule has 0 atom stereocenters. The zero-order chi connectivity index (χ0) is 17.3. The number of rotatable bonds is 5. The minimum atomic E-state index is 0. The first kappa shape index (κ1) is 18.3. The van der Waals surface area contributed by atoms with Crippen LogP contribution in [0.5, 0.6) is 0 Å². The van der Waals surface area contributed by atoms with Gasteiger partial charge in [0.25, 0.3) is 0 Å². The van der Waals surface area contributed by atoms with Crippen LogP contribution in [0.4, 0.5) is 23.3 Å². The summed E-state index contributed by atoms with van der Waals surface area (Å²) in [6.07, 6.45) is 2.47. The van der Waals surface area contributed by atoms with Crippen LogP contribution >= 0.6 is 0 Å². The van der Waals surface area contributed by atoms with Crippen LogP contribution in [-0.4, -0.2) is 20.2 Å². The number of nitrogens with one attached hydrogen (secondary N) is 3. The van der Waals surface area contributed by atoms with E-state index in [1.54, 1.807) is 0 Å². The molecule has 0 aliphatic heterocycles. The van der Waals surface area contributed by atoms with Crippen molar-refractivity contribution in [1.29, 1.82) is 0 Å². The van der Waals surface area contributed by atoms with Gasteiger partial charge in [-0.05, 0) is 25.0 Å². The molecule has 0 bridgehead atoms. The number of anilines is 4. The van der Waals surface area contributed by atoms with Gasteiger partial charge in [-0.3, -0.25) is 5.10 Å². The Morgan fingerprint density at radius 1 is 1.00 bits per heavy atom. The fourth-order valence-electron chi connectivity index (χ4n) is 2.95. The third-order valence-electron chi connectivity index (χ3n) is 4.44. The SMILES string of the molecule is [Pr+3].[c-]1ccc(Nc2nc(Nc3cc(C4CC4)[nH]n3)c3ccccc3n2)cc1. The van der Waals surface area contributed by atoms with Crippen LogP contribution in [0.3, 0.4) is 0 Å². The molecule has 5 rings (SSSR count). The first-order valence-corrected chi connectivity index (χ1v) is 8.67. The fourth-order valence-corrected chi connectivity index (χ4v) is 2.95. The second kappa shape index (κ2) is 7.91. The molecule has 0 saturated heterocycles. The van der Waals surface area contributed by atoms with E-state index in [0.717, 1.165) is 28.2 Å². The Morgan fingerprint density at radius 3 is 2.63 bits per heavy atom. The van der Waals surface area contributed by atoms with Gasteiger partial charge in [-0.2, -0.15) is 28.3 Å². The first-order valence-electron chi connectivity index (χ1n) is 8.67. The minimum Gasteiger partial charge on any atom is -0.347 e. The van der Waals surface area contributed by atoms with Crippen molar-refractivity contribution in [2.45, 2.75) is 18.8 Å². The van der Waals surface area contributed by atoms with Gasteiger partial charge in [-0.25, -0.2) is 4.98 Å². The van der Waals surface area contributed by atoms with Crippen LogP contribution in [0, 0.1) is 47.4 Å². The summed E-state index contributed by atoms with van der Waals surface area (Å²) in [5.74, 6) is 2.67. The molecule has 2 heterocycles. The summed E-state index contributed by atoms with van der Waals surface area (Å²) in [5, 5.41) is 15.0. The van der Waals surface area contributed by atoms with Crippen molar-refractivity contribution >= 4 is 34.2 Å². The third-order valence-corrected chi connectivity index (χ3v) is 4.44. The number of nitrogens with zero attached hydrogens (tertiary/aromatic N) is 3. The molecule has 27 heavy (non-hydrogen) atoms. The Morgan fingerprint density at radius 2 is 1.81 bits per heavy atom. The summed E-state index contributed by atoms with van der Waals surface area (Å²) in [6, 6.07) is 20.6. The van der Waals surface area contributed by atoms with Crippen molar-refractivity contribution in [3.63, 3.8) is 0 Å². The number of para-hydroxylation sites is 1. The Balaban J connectivity index is 0.00000180. The average molecular weight is 482 g/mol. The number of fused-ring (bicyclic) bond motifs is 1. The van der Waals surface area contributed by atoms with Crippen molar-refractivity contribution in [2.75, 3.05) is 10.6 Å². The zero-order valence-electron chi connectivity index (χ0n) is 14.6. The molecular formula is C20H17N6Pr+2. The summed E-state index contributed by atoms with van der Waals surface area (Å²) in [7, 11) is 0. The first-order chi connectivity index (χ1) is 12.8. The Bertz CT molecular complexity index is 1060. The maximum Gasteiger partial charge on any atom is 3.00 e. The largest absolute Gasteiger partial charge is 3.00 e. The van der Waals surface area contributed by atoms with E-state index in [4.69, 9.17) is 0 Å². The standard InChI is InChI=1S/C20H17N6.Pr/c1-2-6-14(7-3-1)21-20-22-16-9-5-4-8-15(16)19(24-20)23-18-12-17(25-26-18)13-10-11-13;/h2-9,12-13H,10-11H2,(H3,21,22,23,24,25,26);/q-1;+3. The molecule has 2 aromatic carbocycles. The summed E-state index contributed by atoms with van der Waals surface area (Å²) in [5.41, 5.74) is 2.97. The topological polar surface area (TPSA) is 78.5 Å². The quantitative estimate of drug-likeness (QED) is 0.365. The van der Waals surface area contributed by atoms with E-state index >= 15 is 0 Å². The molecule has 0 spiro atoms. The van der Waals surface area contributed by atoms with Crippen molar-refractivity contribution < 1.29 is 41.3 Å². The zero-order valence-corrected chi connectivity index (χ0v) is 18.3. The number of benzene rings is 2. The molecule has 0 radical (unpaired) electrons. The minimum absolute atomic E-state index is 0. The van der Waals surface area contributed by atoms with E-state index in [1.165, 1.54) is 18.5 Å². The number of hydrogen-bond acceptors (Lipinski definition) is 5. The Hall–Kier alpha value is -2.05. The Kier molecular flexibility index (Phi) is 5.37. The van der Waals surface area contributed by atoms with E-state index in [0.29, 0.717) is 11.9 Å². The molecule has 1 fully saturated rings. The number of hydrogen-bond donors (Lipinski definition) is 3. The van der Waals surface area contributed by atoms with Gasteiger partial charge in [0.1, 0.15) is 5.82 Å². The van der Waals surface area contributed by atoms with Gasteiger partial charge < -0.3 is 10.6 Å². The van der Waals surface area contributed by atoms with Crippen molar-refractivity contribution in [3.8, 4) is 0 Å². The van der Waals surface area contributed by atoms with Gasteiger partial charge in [0.05, 0.1) is 5.52 Å². The van der Waals surface area contributed by atoms with E-state index in [1.807, 2.05) is 48.5 Å². The molecule has 3 N–H and O–H groups in total. The summed E-state index contributed by atoms with van der Waals surface area (Å²) < 4.78 is 0. The van der Waals surface area contributed by atoms with Crippen LogP contribution in [0.1, 0.15) is 24.5 Å². The van der Waals surface area contributed by atoms with Crippen molar-refractivity contribution in [1.82, 2.24) is 20.2 Å². The summed E-state index contributed by atoms with van der Waals surface area (Å²) in [4.78, 5) is 9.28.